The van der Waals surface area contributed by atoms with E-state index in [0.717, 1.165) is 17.9 Å². The largest absolute Gasteiger partial charge is 0.370 e. The zero-order chi connectivity index (χ0) is 16.5. The summed E-state index contributed by atoms with van der Waals surface area (Å²) in [5.74, 6) is 0.928. The summed E-state index contributed by atoms with van der Waals surface area (Å²) < 4.78 is 0. The van der Waals surface area contributed by atoms with Crippen molar-refractivity contribution in [1.82, 2.24) is 14.9 Å². The molecule has 1 N–H and O–H groups in total. The molecule has 0 aliphatic carbocycles. The van der Waals surface area contributed by atoms with Crippen LogP contribution in [0.3, 0.4) is 0 Å². The molecule has 124 valence electrons. The lowest BCUT2D eigenvalue weighted by atomic mass is 10.1. The Kier molecular flexibility index (Phi) is 17.8. The van der Waals surface area contributed by atoms with Crippen LogP contribution >= 0.6 is 0 Å². The van der Waals surface area contributed by atoms with Gasteiger partial charge in [0, 0.05) is 18.3 Å². The average molecular weight is 297 g/mol. The van der Waals surface area contributed by atoms with E-state index in [0.29, 0.717) is 0 Å². The number of nitrogens with zero attached hydrogens (tertiary/aromatic N) is 3. The second kappa shape index (κ2) is 16.9. The maximum absolute atomic E-state index is 4.05. The Morgan fingerprint density at radius 3 is 2.05 bits per heavy atom. The summed E-state index contributed by atoms with van der Waals surface area (Å²) in [6.07, 6.45) is 7.62. The summed E-state index contributed by atoms with van der Waals surface area (Å²) in [6, 6.07) is 0. The Morgan fingerprint density at radius 2 is 1.67 bits per heavy atom. The van der Waals surface area contributed by atoms with E-state index in [1.54, 1.807) is 12.5 Å². The molecule has 0 spiro atoms. The van der Waals surface area contributed by atoms with E-state index >= 15 is 0 Å². The lowest BCUT2D eigenvalue weighted by Crippen LogP contribution is -2.24. The lowest BCUT2D eigenvalue weighted by molar-refractivity contribution is 0.277. The summed E-state index contributed by atoms with van der Waals surface area (Å²) >= 11 is 0. The number of aryl methyl sites for hydroxylation is 1. The zero-order valence-corrected chi connectivity index (χ0v) is 15.2. The standard InChI is InChI=1S/C7H11N3.C6H13N.2C2H6/c1-3-9-7-6(2)4-8-5-10-7;1-7-5-3-2-4-6-7;2*1-2/h4-5H,3H2,1-2H3,(H,8,9,10);2-6H2,1H3;2*1-2H3. The van der Waals surface area contributed by atoms with Gasteiger partial charge in [-0.25, -0.2) is 9.97 Å². The first-order valence-corrected chi connectivity index (χ1v) is 8.43. The molecule has 1 aliphatic rings. The third-order valence-electron chi connectivity index (χ3n) is 2.82. The topological polar surface area (TPSA) is 41.1 Å². The molecule has 0 aromatic carbocycles. The van der Waals surface area contributed by atoms with Crippen LogP contribution < -0.4 is 5.32 Å². The maximum Gasteiger partial charge on any atom is 0.132 e. The molecule has 4 heteroatoms. The van der Waals surface area contributed by atoms with E-state index in [2.05, 4.69) is 27.2 Å². The molecule has 1 aromatic rings. The van der Waals surface area contributed by atoms with Crippen LogP contribution in [0.15, 0.2) is 12.5 Å². The third-order valence-corrected chi connectivity index (χ3v) is 2.82. The zero-order valence-electron chi connectivity index (χ0n) is 15.2. The smallest absolute Gasteiger partial charge is 0.132 e. The van der Waals surface area contributed by atoms with Crippen molar-refractivity contribution in [3.63, 3.8) is 0 Å². The van der Waals surface area contributed by atoms with Crippen LogP contribution in [0, 0.1) is 6.92 Å². The molecule has 2 rings (SSSR count). The van der Waals surface area contributed by atoms with Crippen molar-refractivity contribution in [2.24, 2.45) is 0 Å². The number of rotatable bonds is 2. The monoisotopic (exact) mass is 296 g/mol. The van der Waals surface area contributed by atoms with Crippen molar-refractivity contribution in [1.29, 1.82) is 0 Å². The second-order valence-electron chi connectivity index (χ2n) is 4.45. The number of anilines is 1. The molecule has 21 heavy (non-hydrogen) atoms. The minimum absolute atomic E-state index is 0.901. The Balaban J connectivity index is 0. The highest BCUT2D eigenvalue weighted by atomic mass is 15.1. The summed E-state index contributed by atoms with van der Waals surface area (Å²) in [5.41, 5.74) is 1.09. The van der Waals surface area contributed by atoms with Crippen molar-refractivity contribution in [3.8, 4) is 0 Å². The Hall–Kier alpha value is -1.16. The van der Waals surface area contributed by atoms with E-state index in [9.17, 15) is 0 Å². The average Bonchev–Trinajstić information content (AvgIpc) is 2.55. The molecule has 0 bridgehead atoms. The quantitative estimate of drug-likeness (QED) is 0.879. The van der Waals surface area contributed by atoms with Crippen molar-refractivity contribution in [2.75, 3.05) is 32.0 Å². The van der Waals surface area contributed by atoms with Gasteiger partial charge in [0.15, 0.2) is 0 Å². The van der Waals surface area contributed by atoms with Crippen molar-refractivity contribution in [2.45, 2.75) is 60.8 Å². The summed E-state index contributed by atoms with van der Waals surface area (Å²) in [7, 11) is 2.19. The van der Waals surface area contributed by atoms with Crippen LogP contribution in [0.2, 0.25) is 0 Å². The SMILES string of the molecule is CC.CC.CCNc1ncncc1C.CN1CCCCC1. The Morgan fingerprint density at radius 1 is 1.10 bits per heavy atom. The fraction of sp³-hybridized carbons (Fsp3) is 0.765. The molecule has 1 aromatic heterocycles. The second-order valence-corrected chi connectivity index (χ2v) is 4.45. The van der Waals surface area contributed by atoms with Crippen LogP contribution in [-0.2, 0) is 0 Å². The molecule has 0 amide bonds. The van der Waals surface area contributed by atoms with E-state index in [4.69, 9.17) is 0 Å². The van der Waals surface area contributed by atoms with Crippen LogP contribution in [-0.4, -0.2) is 41.5 Å². The van der Waals surface area contributed by atoms with Gasteiger partial charge in [0.05, 0.1) is 0 Å². The first-order valence-electron chi connectivity index (χ1n) is 8.43. The molecule has 1 saturated heterocycles. The van der Waals surface area contributed by atoms with E-state index in [-0.39, 0.29) is 0 Å². The van der Waals surface area contributed by atoms with Gasteiger partial charge in [-0.15, -0.1) is 0 Å². The summed E-state index contributed by atoms with van der Waals surface area (Å²) in [4.78, 5) is 10.3. The van der Waals surface area contributed by atoms with Crippen LogP contribution in [0.4, 0.5) is 5.82 Å². The highest BCUT2D eigenvalue weighted by molar-refractivity contribution is 5.40. The number of likely N-dealkylation sites (tertiary alicyclic amines) is 1. The maximum atomic E-state index is 4.05. The fourth-order valence-corrected chi connectivity index (χ4v) is 1.80. The summed E-state index contributed by atoms with van der Waals surface area (Å²) in [5, 5.41) is 3.12. The molecule has 1 fully saturated rings. The van der Waals surface area contributed by atoms with E-state index < -0.39 is 0 Å². The minimum atomic E-state index is 0.901. The Bertz CT molecular complexity index is 309. The predicted molar refractivity (Wildman–Crippen MR) is 95.0 cm³/mol. The highest BCUT2D eigenvalue weighted by Crippen LogP contribution is 2.06. The molecular formula is C17H36N4. The van der Waals surface area contributed by atoms with Gasteiger partial charge in [-0.2, -0.15) is 0 Å². The van der Waals surface area contributed by atoms with Gasteiger partial charge in [0.2, 0.25) is 0 Å². The van der Waals surface area contributed by atoms with Gasteiger partial charge in [0.1, 0.15) is 12.1 Å². The van der Waals surface area contributed by atoms with Gasteiger partial charge in [-0.3, -0.25) is 0 Å². The molecule has 0 saturated carbocycles. The van der Waals surface area contributed by atoms with Crippen LogP contribution in [0.5, 0.6) is 0 Å². The van der Waals surface area contributed by atoms with Gasteiger partial charge < -0.3 is 10.2 Å². The van der Waals surface area contributed by atoms with Crippen molar-refractivity contribution < 1.29 is 0 Å². The van der Waals surface area contributed by atoms with Crippen molar-refractivity contribution in [3.05, 3.63) is 18.1 Å². The minimum Gasteiger partial charge on any atom is -0.370 e. The number of piperidine rings is 1. The van der Waals surface area contributed by atoms with Gasteiger partial charge in [-0.1, -0.05) is 34.1 Å². The third kappa shape index (κ3) is 12.3. The predicted octanol–water partition coefficient (Wildman–Crippen LogP) is 4.37. The van der Waals surface area contributed by atoms with E-state index in [1.165, 1.54) is 32.4 Å². The first-order chi connectivity index (χ1) is 10.2. The van der Waals surface area contributed by atoms with Gasteiger partial charge in [0.25, 0.3) is 0 Å². The first kappa shape index (κ1) is 22.1. The van der Waals surface area contributed by atoms with E-state index in [1.807, 2.05) is 41.5 Å². The fourth-order valence-electron chi connectivity index (χ4n) is 1.80. The number of nitrogens with one attached hydrogen (secondary N) is 1. The van der Waals surface area contributed by atoms with Crippen LogP contribution in [0.25, 0.3) is 0 Å². The summed E-state index contributed by atoms with van der Waals surface area (Å²) in [6.45, 7) is 15.6. The van der Waals surface area contributed by atoms with Crippen LogP contribution in [0.1, 0.15) is 59.4 Å². The molecule has 0 unspecified atom stereocenters. The molecular weight excluding hydrogens is 260 g/mol. The van der Waals surface area contributed by atoms with Crippen molar-refractivity contribution >= 4 is 5.82 Å². The van der Waals surface area contributed by atoms with Gasteiger partial charge >= 0.3 is 0 Å². The number of hydrogen-bond acceptors (Lipinski definition) is 4. The Labute approximate surface area is 132 Å². The molecule has 2 heterocycles. The lowest BCUT2D eigenvalue weighted by Gasteiger charge is -2.20. The normalized spacial score (nSPS) is 13.5. The molecule has 0 atom stereocenters. The number of aromatic nitrogens is 2. The molecule has 4 nitrogen and oxygen atoms in total. The molecule has 1 aliphatic heterocycles. The number of hydrogen-bond donors (Lipinski definition) is 1. The molecule has 0 radical (unpaired) electrons. The van der Waals surface area contributed by atoms with Gasteiger partial charge in [-0.05, 0) is 46.8 Å². The highest BCUT2D eigenvalue weighted by Gasteiger charge is 2.02.